The number of benzene rings is 1. The molecule has 1 amide bonds. The number of carbonyl (C=O) groups excluding carboxylic acids is 2. The molecule has 0 saturated carbocycles. The zero-order valence-electron chi connectivity index (χ0n) is 15.1. The standard InChI is InChI=1S/C19H22N2O6/c1-12(2)17(21-19(25)27-10-13-6-4-3-5-7-13)18(24)26-11-14-8-15(22)16(23)9-20-14/h3-9,12,17,23H,10-11H2,1-2H3,(H,20,22)(H,21,25)/t17-/m0/s1. The van der Waals surface area contributed by atoms with Crippen molar-refractivity contribution in [1.82, 2.24) is 10.3 Å². The van der Waals surface area contributed by atoms with Crippen LogP contribution in [-0.2, 0) is 27.5 Å². The van der Waals surface area contributed by atoms with Crippen molar-refractivity contribution in [2.24, 2.45) is 5.92 Å². The van der Waals surface area contributed by atoms with Crippen LogP contribution in [0, 0.1) is 5.92 Å². The van der Waals surface area contributed by atoms with Gasteiger partial charge < -0.3 is 24.9 Å². The van der Waals surface area contributed by atoms with Gasteiger partial charge in [-0.15, -0.1) is 0 Å². The predicted molar refractivity (Wildman–Crippen MR) is 96.9 cm³/mol. The van der Waals surface area contributed by atoms with E-state index < -0.39 is 29.3 Å². The van der Waals surface area contributed by atoms with Crippen LogP contribution in [0.1, 0.15) is 25.1 Å². The molecule has 0 unspecified atom stereocenters. The Morgan fingerprint density at radius 1 is 1.15 bits per heavy atom. The van der Waals surface area contributed by atoms with Crippen molar-refractivity contribution in [3.8, 4) is 5.75 Å². The highest BCUT2D eigenvalue weighted by Gasteiger charge is 2.26. The molecule has 3 N–H and O–H groups in total. The molecule has 0 aliphatic rings. The molecule has 1 heterocycles. The van der Waals surface area contributed by atoms with E-state index in [1.54, 1.807) is 13.8 Å². The summed E-state index contributed by atoms with van der Waals surface area (Å²) in [6.45, 7) is 3.40. The molecule has 27 heavy (non-hydrogen) atoms. The van der Waals surface area contributed by atoms with Crippen LogP contribution in [-0.4, -0.2) is 28.2 Å². The predicted octanol–water partition coefficient (Wildman–Crippen LogP) is 2.07. The monoisotopic (exact) mass is 374 g/mol. The fourth-order valence-electron chi connectivity index (χ4n) is 2.22. The maximum absolute atomic E-state index is 12.3. The van der Waals surface area contributed by atoms with E-state index in [0.717, 1.165) is 17.8 Å². The third-order valence-corrected chi connectivity index (χ3v) is 3.73. The normalized spacial score (nSPS) is 11.7. The van der Waals surface area contributed by atoms with Crippen molar-refractivity contribution in [2.45, 2.75) is 33.1 Å². The number of amides is 1. The van der Waals surface area contributed by atoms with Crippen LogP contribution in [0.4, 0.5) is 4.79 Å². The summed E-state index contributed by atoms with van der Waals surface area (Å²) in [5, 5.41) is 11.7. The molecule has 0 aliphatic carbocycles. The highest BCUT2D eigenvalue weighted by atomic mass is 16.6. The summed E-state index contributed by atoms with van der Waals surface area (Å²) < 4.78 is 10.3. The molecular weight excluding hydrogens is 352 g/mol. The van der Waals surface area contributed by atoms with Crippen molar-refractivity contribution in [3.63, 3.8) is 0 Å². The molecule has 8 nitrogen and oxygen atoms in total. The molecule has 2 aromatic rings. The molecular formula is C19H22N2O6. The van der Waals surface area contributed by atoms with Crippen molar-refractivity contribution < 1.29 is 24.2 Å². The Hall–Kier alpha value is -3.29. The third kappa shape index (κ3) is 6.18. The van der Waals surface area contributed by atoms with Gasteiger partial charge in [0, 0.05) is 12.3 Å². The molecule has 0 spiro atoms. The van der Waals surface area contributed by atoms with E-state index in [9.17, 15) is 19.5 Å². The van der Waals surface area contributed by atoms with E-state index in [4.69, 9.17) is 9.47 Å². The third-order valence-electron chi connectivity index (χ3n) is 3.73. The molecule has 8 heteroatoms. The van der Waals surface area contributed by atoms with Crippen molar-refractivity contribution >= 4 is 12.1 Å². The van der Waals surface area contributed by atoms with Gasteiger partial charge in [0.1, 0.15) is 19.3 Å². The van der Waals surface area contributed by atoms with E-state index in [2.05, 4.69) is 10.3 Å². The lowest BCUT2D eigenvalue weighted by atomic mass is 10.1. The first-order valence-electron chi connectivity index (χ1n) is 8.41. The first-order chi connectivity index (χ1) is 12.9. The number of carbonyl (C=O) groups is 2. The highest BCUT2D eigenvalue weighted by Crippen LogP contribution is 2.08. The number of ether oxygens (including phenoxy) is 2. The fourth-order valence-corrected chi connectivity index (χ4v) is 2.22. The van der Waals surface area contributed by atoms with Gasteiger partial charge in [-0.05, 0) is 11.5 Å². The van der Waals surface area contributed by atoms with Crippen molar-refractivity contribution in [2.75, 3.05) is 0 Å². The number of H-pyrrole nitrogens is 1. The maximum atomic E-state index is 12.3. The number of pyridine rings is 1. The molecule has 0 radical (unpaired) electrons. The number of aromatic amines is 1. The second-order valence-corrected chi connectivity index (χ2v) is 6.24. The van der Waals surface area contributed by atoms with Crippen LogP contribution in [0.15, 0.2) is 47.4 Å². The molecule has 144 valence electrons. The zero-order chi connectivity index (χ0) is 19.8. The molecule has 0 fully saturated rings. The number of aromatic hydroxyl groups is 1. The van der Waals surface area contributed by atoms with Crippen molar-refractivity contribution in [1.29, 1.82) is 0 Å². The summed E-state index contributed by atoms with van der Waals surface area (Å²) in [5.41, 5.74) is 0.566. The Bertz CT molecular complexity index is 832. The average Bonchev–Trinajstić information content (AvgIpc) is 2.65. The van der Waals surface area contributed by atoms with E-state index in [1.165, 1.54) is 0 Å². The molecule has 1 aromatic carbocycles. The number of hydrogen-bond donors (Lipinski definition) is 3. The lowest BCUT2D eigenvalue weighted by Gasteiger charge is -2.20. The Balaban J connectivity index is 1.88. The van der Waals surface area contributed by atoms with Gasteiger partial charge >= 0.3 is 12.1 Å². The Morgan fingerprint density at radius 3 is 2.48 bits per heavy atom. The highest BCUT2D eigenvalue weighted by molar-refractivity contribution is 5.81. The molecule has 1 aromatic heterocycles. The van der Waals surface area contributed by atoms with E-state index in [1.807, 2.05) is 30.3 Å². The number of nitrogens with one attached hydrogen (secondary N) is 2. The summed E-state index contributed by atoms with van der Waals surface area (Å²) in [6.07, 6.45) is 0.387. The SMILES string of the molecule is CC(C)[C@H](NC(=O)OCc1ccccc1)C(=O)OCc1cc(=O)c(O)c[nH]1. The quantitative estimate of drug-likeness (QED) is 0.639. The minimum absolute atomic E-state index is 0.0846. The first-order valence-corrected chi connectivity index (χ1v) is 8.41. The lowest BCUT2D eigenvalue weighted by Crippen LogP contribution is -2.45. The van der Waals surface area contributed by atoms with E-state index in [0.29, 0.717) is 5.69 Å². The van der Waals surface area contributed by atoms with Crippen LogP contribution in [0.25, 0.3) is 0 Å². The Morgan fingerprint density at radius 2 is 1.85 bits per heavy atom. The first kappa shape index (κ1) is 20.0. The number of alkyl carbamates (subject to hydrolysis) is 1. The average molecular weight is 374 g/mol. The summed E-state index contributed by atoms with van der Waals surface area (Å²) in [4.78, 5) is 38.3. The van der Waals surface area contributed by atoms with Crippen molar-refractivity contribution in [3.05, 3.63) is 64.1 Å². The molecule has 0 aliphatic heterocycles. The molecule has 1 atom stereocenters. The molecule has 0 bridgehead atoms. The lowest BCUT2D eigenvalue weighted by molar-refractivity contribution is -0.148. The Kier molecular flexibility index (Phi) is 6.99. The zero-order valence-corrected chi connectivity index (χ0v) is 15.1. The fraction of sp³-hybridized carbons (Fsp3) is 0.316. The number of esters is 1. The summed E-state index contributed by atoms with van der Waals surface area (Å²) in [6, 6.07) is 9.39. The minimum atomic E-state index is -0.905. The minimum Gasteiger partial charge on any atom is -0.503 e. The topological polar surface area (TPSA) is 118 Å². The van der Waals surface area contributed by atoms with Crippen LogP contribution in [0.3, 0.4) is 0 Å². The summed E-state index contributed by atoms with van der Waals surface area (Å²) in [5.74, 6) is -1.32. The smallest absolute Gasteiger partial charge is 0.408 e. The van der Waals surface area contributed by atoms with Gasteiger partial charge in [-0.2, -0.15) is 0 Å². The van der Waals surface area contributed by atoms with Crippen LogP contribution < -0.4 is 10.7 Å². The van der Waals surface area contributed by atoms with Gasteiger partial charge in [0.15, 0.2) is 5.75 Å². The van der Waals surface area contributed by atoms with Gasteiger partial charge in [0.2, 0.25) is 5.43 Å². The number of rotatable bonds is 7. The molecule has 0 saturated heterocycles. The van der Waals surface area contributed by atoms with Gasteiger partial charge in [-0.25, -0.2) is 9.59 Å². The second-order valence-electron chi connectivity index (χ2n) is 6.24. The Labute approximate surface area is 156 Å². The van der Waals surface area contributed by atoms with Gasteiger partial charge in [0.25, 0.3) is 0 Å². The maximum Gasteiger partial charge on any atom is 0.408 e. The van der Waals surface area contributed by atoms with Crippen LogP contribution in [0.5, 0.6) is 5.75 Å². The van der Waals surface area contributed by atoms with Gasteiger partial charge in [-0.3, -0.25) is 4.79 Å². The summed E-state index contributed by atoms with van der Waals surface area (Å²) in [7, 11) is 0. The van der Waals surface area contributed by atoms with Crippen LogP contribution in [0.2, 0.25) is 0 Å². The van der Waals surface area contributed by atoms with E-state index in [-0.39, 0.29) is 19.1 Å². The number of aromatic nitrogens is 1. The largest absolute Gasteiger partial charge is 0.503 e. The van der Waals surface area contributed by atoms with Gasteiger partial charge in [-0.1, -0.05) is 44.2 Å². The summed E-state index contributed by atoms with van der Waals surface area (Å²) >= 11 is 0. The van der Waals surface area contributed by atoms with E-state index >= 15 is 0 Å². The number of hydrogen-bond acceptors (Lipinski definition) is 6. The second kappa shape index (κ2) is 9.42. The van der Waals surface area contributed by atoms with Gasteiger partial charge in [0.05, 0.1) is 5.69 Å². The molecule has 2 rings (SSSR count). The van der Waals surface area contributed by atoms with Crippen LogP contribution >= 0.6 is 0 Å².